The number of amides is 1. The van der Waals surface area contributed by atoms with Crippen LogP contribution in [0.4, 0.5) is 5.69 Å². The van der Waals surface area contributed by atoms with E-state index in [0.717, 1.165) is 0 Å². The highest BCUT2D eigenvalue weighted by Gasteiger charge is 2.23. The van der Waals surface area contributed by atoms with E-state index in [-0.39, 0.29) is 12.2 Å². The second-order valence-electron chi connectivity index (χ2n) is 7.04. The first-order chi connectivity index (χ1) is 15.5. The normalized spacial score (nSPS) is 10.7. The summed E-state index contributed by atoms with van der Waals surface area (Å²) in [6, 6.07) is 20.3. The number of hydrogen-bond donors (Lipinski definition) is 1. The first kappa shape index (κ1) is 20.9. The number of carbonyl (C=O) groups is 1. The van der Waals surface area contributed by atoms with E-state index < -0.39 is 11.5 Å². The number of ether oxygens (including phenoxy) is 2. The molecule has 0 saturated heterocycles. The van der Waals surface area contributed by atoms with Crippen LogP contribution >= 0.6 is 0 Å². The van der Waals surface area contributed by atoms with Gasteiger partial charge in [-0.2, -0.15) is 4.73 Å². The maximum Gasteiger partial charge on any atom is 0.325 e. The van der Waals surface area contributed by atoms with Gasteiger partial charge in [0, 0.05) is 30.0 Å². The highest BCUT2D eigenvalue weighted by Crippen LogP contribution is 2.26. The fourth-order valence-electron chi connectivity index (χ4n) is 3.53. The van der Waals surface area contributed by atoms with Crippen molar-refractivity contribution in [1.82, 2.24) is 4.57 Å². The van der Waals surface area contributed by atoms with E-state index in [2.05, 4.69) is 5.32 Å². The Labute approximate surface area is 183 Å². The minimum Gasteiger partial charge on any atom is -0.618 e. The van der Waals surface area contributed by atoms with E-state index in [0.29, 0.717) is 38.5 Å². The Hall–Kier alpha value is -4.33. The van der Waals surface area contributed by atoms with Gasteiger partial charge in [-0.05, 0) is 18.2 Å². The molecule has 3 aromatic carbocycles. The molecule has 8 heteroatoms. The van der Waals surface area contributed by atoms with Gasteiger partial charge in [0.1, 0.15) is 23.6 Å². The third-order valence-electron chi connectivity index (χ3n) is 5.03. The number of rotatable bonds is 6. The Morgan fingerprint density at radius 1 is 0.969 bits per heavy atom. The molecule has 8 nitrogen and oxygen atoms in total. The van der Waals surface area contributed by atoms with Crippen molar-refractivity contribution in [2.45, 2.75) is 6.54 Å². The predicted octanol–water partition coefficient (Wildman–Crippen LogP) is 2.96. The van der Waals surface area contributed by atoms with Gasteiger partial charge in [0.05, 0.1) is 19.8 Å². The van der Waals surface area contributed by atoms with Crippen LogP contribution < -0.4 is 25.1 Å². The molecule has 4 rings (SSSR count). The molecular formula is C24H21N3O5. The zero-order valence-electron chi connectivity index (χ0n) is 17.6. The Bertz CT molecular complexity index is 1330. The van der Waals surface area contributed by atoms with Crippen LogP contribution in [0.5, 0.6) is 11.5 Å². The van der Waals surface area contributed by atoms with Gasteiger partial charge in [0.25, 0.3) is 5.69 Å². The largest absolute Gasteiger partial charge is 0.618 e. The maximum atomic E-state index is 13.3. The number of methoxy groups -OCH3 is 2. The maximum absolute atomic E-state index is 13.3. The fraction of sp³-hybridized carbons (Fsp3) is 0.125. The fourth-order valence-corrected chi connectivity index (χ4v) is 3.53. The van der Waals surface area contributed by atoms with E-state index >= 15 is 0 Å². The molecule has 0 aliphatic heterocycles. The lowest BCUT2D eigenvalue weighted by Crippen LogP contribution is -2.42. The minimum absolute atomic E-state index is 0.0415. The molecule has 1 amide bonds. The lowest BCUT2D eigenvalue weighted by molar-refractivity contribution is -0.566. The summed E-state index contributed by atoms with van der Waals surface area (Å²) in [6.45, 7) is -0.278. The zero-order valence-corrected chi connectivity index (χ0v) is 17.6. The number of benzene rings is 3. The summed E-state index contributed by atoms with van der Waals surface area (Å²) in [5.74, 6) is 0.594. The van der Waals surface area contributed by atoms with Gasteiger partial charge in [-0.1, -0.05) is 30.3 Å². The number of nitrogens with zero attached hydrogens (tertiary/aromatic N) is 2. The summed E-state index contributed by atoms with van der Waals surface area (Å²) in [6.07, 6.45) is 0. The van der Waals surface area contributed by atoms with Crippen LogP contribution in [0.3, 0.4) is 0 Å². The van der Waals surface area contributed by atoms with Crippen molar-refractivity contribution in [2.75, 3.05) is 19.5 Å². The summed E-state index contributed by atoms with van der Waals surface area (Å²) in [4.78, 5) is 26.2. The molecule has 1 heterocycles. The van der Waals surface area contributed by atoms with Crippen molar-refractivity contribution in [2.24, 2.45) is 0 Å². The smallest absolute Gasteiger partial charge is 0.325 e. The Kier molecular flexibility index (Phi) is 5.76. The Balaban J connectivity index is 1.76. The van der Waals surface area contributed by atoms with E-state index in [4.69, 9.17) is 9.47 Å². The van der Waals surface area contributed by atoms with E-state index in [1.807, 2.05) is 0 Å². The molecule has 0 spiro atoms. The van der Waals surface area contributed by atoms with Gasteiger partial charge in [0.2, 0.25) is 11.4 Å². The zero-order chi connectivity index (χ0) is 22.7. The molecule has 32 heavy (non-hydrogen) atoms. The van der Waals surface area contributed by atoms with Gasteiger partial charge in [-0.15, -0.1) is 0 Å². The number of nitrogens with one attached hydrogen (secondary N) is 1. The van der Waals surface area contributed by atoms with Gasteiger partial charge < -0.3 is 20.0 Å². The molecule has 0 radical (unpaired) electrons. The number of para-hydroxylation sites is 2. The van der Waals surface area contributed by atoms with E-state index in [1.165, 1.54) is 18.8 Å². The number of hydrogen-bond acceptors (Lipinski definition) is 5. The van der Waals surface area contributed by atoms with Crippen LogP contribution in [-0.2, 0) is 11.3 Å². The van der Waals surface area contributed by atoms with Crippen LogP contribution in [0.1, 0.15) is 0 Å². The van der Waals surface area contributed by atoms with E-state index in [1.54, 1.807) is 72.8 Å². The molecule has 0 aliphatic carbocycles. The summed E-state index contributed by atoms with van der Waals surface area (Å²) in [5, 5.41) is 15.8. The van der Waals surface area contributed by atoms with Crippen molar-refractivity contribution in [3.8, 4) is 22.8 Å². The monoisotopic (exact) mass is 431 g/mol. The van der Waals surface area contributed by atoms with Crippen LogP contribution in [0.2, 0.25) is 0 Å². The van der Waals surface area contributed by atoms with Gasteiger partial charge in [-0.3, -0.25) is 14.2 Å². The summed E-state index contributed by atoms with van der Waals surface area (Å²) in [7, 11) is 3.03. The van der Waals surface area contributed by atoms with Crippen LogP contribution in [-0.4, -0.2) is 24.7 Å². The van der Waals surface area contributed by atoms with Crippen LogP contribution in [0.25, 0.3) is 22.3 Å². The average Bonchev–Trinajstić information content (AvgIpc) is 2.82. The van der Waals surface area contributed by atoms with Crippen LogP contribution in [0.15, 0.2) is 77.6 Å². The predicted molar refractivity (Wildman–Crippen MR) is 121 cm³/mol. The van der Waals surface area contributed by atoms with Crippen LogP contribution in [0, 0.1) is 5.21 Å². The second-order valence-corrected chi connectivity index (χ2v) is 7.04. The summed E-state index contributed by atoms with van der Waals surface area (Å²) in [5.41, 5.74) is 1.00. The molecule has 0 aliphatic rings. The molecule has 1 aromatic heterocycles. The topological polar surface area (TPSA) is 96.5 Å². The van der Waals surface area contributed by atoms with Gasteiger partial charge >= 0.3 is 5.56 Å². The first-order valence-corrected chi connectivity index (χ1v) is 9.85. The number of carbonyl (C=O) groups excluding carboxylic acids is 1. The standard InChI is InChI=1S/C24H21N3O5/c1-31-18-12-17(13-19(14-18)32-2)25-22(28)15-26-20-10-6-7-11-21(20)27(30)23(24(26)29)16-8-4-3-5-9-16/h3-14H,15H2,1-2H3,(H,25,28). The van der Waals surface area contributed by atoms with Crippen molar-refractivity contribution < 1.29 is 19.0 Å². The molecule has 0 unspecified atom stereocenters. The Morgan fingerprint density at radius 3 is 2.25 bits per heavy atom. The van der Waals surface area contributed by atoms with Gasteiger partial charge in [-0.25, -0.2) is 0 Å². The average molecular weight is 431 g/mol. The second kappa shape index (κ2) is 8.81. The van der Waals surface area contributed by atoms with Crippen molar-refractivity contribution in [3.05, 3.63) is 88.4 Å². The molecule has 0 saturated carbocycles. The summed E-state index contributed by atoms with van der Waals surface area (Å²) >= 11 is 0. The van der Waals surface area contributed by atoms with Crippen molar-refractivity contribution >= 4 is 22.6 Å². The first-order valence-electron chi connectivity index (χ1n) is 9.85. The highest BCUT2D eigenvalue weighted by atomic mass is 16.5. The quantitative estimate of drug-likeness (QED) is 0.374. The van der Waals surface area contributed by atoms with E-state index in [9.17, 15) is 14.8 Å². The third-order valence-corrected chi connectivity index (χ3v) is 5.03. The third kappa shape index (κ3) is 3.98. The Morgan fingerprint density at radius 2 is 1.59 bits per heavy atom. The molecule has 162 valence electrons. The molecule has 4 aromatic rings. The molecule has 1 N–H and O–H groups in total. The molecule has 0 atom stereocenters. The number of aromatic nitrogens is 2. The van der Waals surface area contributed by atoms with Crippen molar-refractivity contribution in [1.29, 1.82) is 0 Å². The molecular weight excluding hydrogens is 410 g/mol. The number of fused-ring (bicyclic) bond motifs is 1. The SMILES string of the molecule is COc1cc(NC(=O)Cn2c(=O)c(-c3ccccc3)[n+]([O-])c3ccccc32)cc(OC)c1. The van der Waals surface area contributed by atoms with Gasteiger partial charge in [0.15, 0.2) is 0 Å². The lowest BCUT2D eigenvalue weighted by atomic mass is 10.1. The highest BCUT2D eigenvalue weighted by molar-refractivity contribution is 5.92. The lowest BCUT2D eigenvalue weighted by Gasteiger charge is -2.14. The molecule has 0 bridgehead atoms. The minimum atomic E-state index is -0.553. The number of anilines is 1. The van der Waals surface area contributed by atoms with Crippen molar-refractivity contribution in [3.63, 3.8) is 0 Å². The summed E-state index contributed by atoms with van der Waals surface area (Å²) < 4.78 is 12.4. The molecule has 0 fully saturated rings.